The molecule has 8 heteroatoms. The second kappa shape index (κ2) is 11.4. The molecule has 0 aliphatic carbocycles. The molecule has 0 saturated heterocycles. The van der Waals surface area contributed by atoms with Gasteiger partial charge in [-0.2, -0.15) is 5.10 Å². The molecule has 2 amide bonds. The monoisotopic (exact) mass is 521 g/mol. The number of nitrogens with one attached hydrogen (secondary N) is 2. The van der Waals surface area contributed by atoms with Crippen molar-refractivity contribution in [3.63, 3.8) is 0 Å². The number of fused-ring (bicyclic) bond motifs is 1. The van der Waals surface area contributed by atoms with E-state index in [1.165, 1.54) is 18.2 Å². The van der Waals surface area contributed by atoms with Gasteiger partial charge in [-0.05, 0) is 77.9 Å². The summed E-state index contributed by atoms with van der Waals surface area (Å²) in [6, 6.07) is 29.4. The maximum atomic E-state index is 13.4. The molecule has 0 saturated carbocycles. The number of hydrogen-bond acceptors (Lipinski definition) is 5. The molecule has 194 valence electrons. The van der Waals surface area contributed by atoms with Gasteiger partial charge in [-0.3, -0.25) is 9.59 Å². The normalized spacial score (nSPS) is 11.3. The van der Waals surface area contributed by atoms with Crippen LogP contribution in [-0.2, 0) is 6.61 Å². The van der Waals surface area contributed by atoms with Crippen LogP contribution < -0.4 is 15.5 Å². The van der Waals surface area contributed by atoms with Crippen molar-refractivity contribution in [1.82, 2.24) is 5.43 Å². The molecule has 7 nitrogen and oxygen atoms in total. The van der Waals surface area contributed by atoms with Crippen molar-refractivity contribution in [3.8, 4) is 5.75 Å². The van der Waals surface area contributed by atoms with Crippen LogP contribution in [0.4, 0.5) is 10.1 Å². The predicted molar refractivity (Wildman–Crippen MR) is 147 cm³/mol. The molecule has 0 spiro atoms. The number of hydrazone groups is 1. The fraction of sp³-hybridized carbons (Fsp3) is 0.0645. The van der Waals surface area contributed by atoms with Crippen molar-refractivity contribution >= 4 is 34.0 Å². The maximum Gasteiger partial charge on any atom is 0.307 e. The Bertz CT molecular complexity index is 1690. The van der Waals surface area contributed by atoms with E-state index in [1.807, 2.05) is 42.5 Å². The molecule has 0 aliphatic heterocycles. The van der Waals surface area contributed by atoms with Gasteiger partial charge >= 0.3 is 5.91 Å². The van der Waals surface area contributed by atoms with E-state index in [-0.39, 0.29) is 17.9 Å². The summed E-state index contributed by atoms with van der Waals surface area (Å²) in [5, 5.41) is 9.08. The summed E-state index contributed by atoms with van der Waals surface area (Å²) >= 11 is 0. The highest BCUT2D eigenvalue weighted by Gasteiger charge is 2.12. The number of ether oxygens (including phenoxy) is 1. The van der Waals surface area contributed by atoms with E-state index in [1.54, 1.807) is 43.3 Å². The Balaban J connectivity index is 1.18. The minimum atomic E-state index is -0.512. The molecule has 0 aliphatic rings. The van der Waals surface area contributed by atoms with Crippen molar-refractivity contribution in [2.75, 3.05) is 5.32 Å². The van der Waals surface area contributed by atoms with Gasteiger partial charge in [0.25, 0.3) is 5.91 Å². The second-order valence-electron chi connectivity index (χ2n) is 8.75. The Hall–Kier alpha value is -5.24. The number of carbonyl (C=O) groups is 2. The van der Waals surface area contributed by atoms with Gasteiger partial charge in [0, 0.05) is 11.3 Å². The summed E-state index contributed by atoms with van der Waals surface area (Å²) in [4.78, 5) is 25.0. The zero-order chi connectivity index (χ0) is 27.2. The molecule has 1 heterocycles. The van der Waals surface area contributed by atoms with Gasteiger partial charge in [-0.25, -0.2) is 9.82 Å². The summed E-state index contributed by atoms with van der Waals surface area (Å²) in [6.45, 7) is 1.89. The standard InChI is InChI=1S/C31H24FN3O4/c1-20(22-8-5-11-26(17-22)33-30(36)24-9-4-10-25(32)16-24)34-35-31(37)29-15-14-28(39-29)19-38-27-13-12-21-6-2-3-7-23(21)18-27/h2-18H,19H2,1H3,(H,33,36)(H,35,37). The molecule has 0 unspecified atom stereocenters. The van der Waals surface area contributed by atoms with E-state index in [4.69, 9.17) is 9.15 Å². The van der Waals surface area contributed by atoms with Crippen LogP contribution in [0.2, 0.25) is 0 Å². The Kier molecular flexibility index (Phi) is 7.45. The molecule has 0 fully saturated rings. The minimum absolute atomic E-state index is 0.0970. The fourth-order valence-corrected chi connectivity index (χ4v) is 3.90. The molecule has 4 aromatic carbocycles. The number of nitrogens with zero attached hydrogens (tertiary/aromatic N) is 1. The first-order valence-corrected chi connectivity index (χ1v) is 12.2. The van der Waals surface area contributed by atoms with E-state index >= 15 is 0 Å². The summed E-state index contributed by atoms with van der Waals surface area (Å²) in [5.41, 5.74) is 4.38. The van der Waals surface area contributed by atoms with Crippen LogP contribution >= 0.6 is 0 Å². The second-order valence-corrected chi connectivity index (χ2v) is 8.75. The Morgan fingerprint density at radius 3 is 2.46 bits per heavy atom. The van der Waals surface area contributed by atoms with Gasteiger partial charge in [-0.1, -0.05) is 48.5 Å². The lowest BCUT2D eigenvalue weighted by molar-refractivity contribution is 0.0922. The third kappa shape index (κ3) is 6.37. The summed E-state index contributed by atoms with van der Waals surface area (Å²) in [7, 11) is 0. The highest BCUT2D eigenvalue weighted by molar-refractivity contribution is 6.06. The van der Waals surface area contributed by atoms with Crippen LogP contribution in [0.15, 0.2) is 113 Å². The van der Waals surface area contributed by atoms with E-state index < -0.39 is 17.6 Å². The Morgan fingerprint density at radius 1 is 0.821 bits per heavy atom. The number of benzene rings is 4. The van der Waals surface area contributed by atoms with Crippen molar-refractivity contribution in [1.29, 1.82) is 0 Å². The molecule has 0 radical (unpaired) electrons. The highest BCUT2D eigenvalue weighted by Crippen LogP contribution is 2.22. The van der Waals surface area contributed by atoms with Crippen LogP contribution in [-0.4, -0.2) is 17.5 Å². The van der Waals surface area contributed by atoms with E-state index in [2.05, 4.69) is 15.8 Å². The van der Waals surface area contributed by atoms with Crippen molar-refractivity contribution in [2.24, 2.45) is 5.10 Å². The van der Waals surface area contributed by atoms with Crippen LogP contribution in [0.1, 0.15) is 39.2 Å². The lowest BCUT2D eigenvalue weighted by Gasteiger charge is -2.08. The maximum absolute atomic E-state index is 13.4. The Labute approximate surface area is 223 Å². The minimum Gasteiger partial charge on any atom is -0.486 e. The number of anilines is 1. The average molecular weight is 522 g/mol. The number of halogens is 1. The van der Waals surface area contributed by atoms with Crippen LogP contribution in [0.3, 0.4) is 0 Å². The van der Waals surface area contributed by atoms with E-state index in [0.717, 1.165) is 16.8 Å². The molecule has 0 bridgehead atoms. The van der Waals surface area contributed by atoms with Gasteiger partial charge in [-0.15, -0.1) is 0 Å². The quantitative estimate of drug-likeness (QED) is 0.179. The molecule has 2 N–H and O–H groups in total. The first kappa shape index (κ1) is 25.4. The van der Waals surface area contributed by atoms with Crippen LogP contribution in [0, 0.1) is 5.82 Å². The molecule has 5 rings (SSSR count). The zero-order valence-corrected chi connectivity index (χ0v) is 21.0. The van der Waals surface area contributed by atoms with Crippen LogP contribution in [0.5, 0.6) is 5.75 Å². The zero-order valence-electron chi connectivity index (χ0n) is 21.0. The average Bonchev–Trinajstić information content (AvgIpc) is 3.44. The van der Waals surface area contributed by atoms with E-state index in [9.17, 15) is 14.0 Å². The fourth-order valence-electron chi connectivity index (χ4n) is 3.90. The van der Waals surface area contributed by atoms with Crippen molar-refractivity contribution < 1.29 is 23.1 Å². The largest absolute Gasteiger partial charge is 0.486 e. The number of carbonyl (C=O) groups excluding carboxylic acids is 2. The van der Waals surface area contributed by atoms with Gasteiger partial charge < -0.3 is 14.5 Å². The third-order valence-electron chi connectivity index (χ3n) is 5.94. The molecule has 39 heavy (non-hydrogen) atoms. The van der Waals surface area contributed by atoms with Gasteiger partial charge in [0.1, 0.15) is 23.9 Å². The first-order chi connectivity index (χ1) is 18.9. The predicted octanol–water partition coefficient (Wildman–Crippen LogP) is 6.56. The Morgan fingerprint density at radius 2 is 1.62 bits per heavy atom. The number of amides is 2. The number of rotatable bonds is 8. The molecule has 1 aromatic heterocycles. The van der Waals surface area contributed by atoms with Gasteiger partial charge in [0.05, 0.1) is 5.71 Å². The van der Waals surface area contributed by atoms with Gasteiger partial charge in [0.15, 0.2) is 5.76 Å². The first-order valence-electron chi connectivity index (χ1n) is 12.2. The van der Waals surface area contributed by atoms with Crippen molar-refractivity contribution in [3.05, 3.63) is 132 Å². The molecule has 0 atom stereocenters. The molecular formula is C31H24FN3O4. The topological polar surface area (TPSA) is 92.9 Å². The van der Waals surface area contributed by atoms with Crippen molar-refractivity contribution in [2.45, 2.75) is 13.5 Å². The molecule has 5 aromatic rings. The smallest absolute Gasteiger partial charge is 0.307 e. The third-order valence-corrected chi connectivity index (χ3v) is 5.94. The van der Waals surface area contributed by atoms with E-state index in [0.29, 0.717) is 28.5 Å². The number of hydrogen-bond donors (Lipinski definition) is 2. The summed E-state index contributed by atoms with van der Waals surface area (Å²) in [6.07, 6.45) is 0. The summed E-state index contributed by atoms with van der Waals surface area (Å²) < 4.78 is 24.9. The van der Waals surface area contributed by atoms with Crippen LogP contribution in [0.25, 0.3) is 10.8 Å². The molecular weight excluding hydrogens is 497 g/mol. The SMILES string of the molecule is CC(=NNC(=O)c1ccc(COc2ccc3ccccc3c2)o1)c1cccc(NC(=O)c2cccc(F)c2)c1. The lowest BCUT2D eigenvalue weighted by Crippen LogP contribution is -2.19. The summed E-state index contributed by atoms with van der Waals surface area (Å²) in [5.74, 6) is -0.146. The van der Waals surface area contributed by atoms with Gasteiger partial charge in [0.2, 0.25) is 0 Å². The number of furan rings is 1. The lowest BCUT2D eigenvalue weighted by atomic mass is 10.1. The highest BCUT2D eigenvalue weighted by atomic mass is 19.1.